The first-order chi connectivity index (χ1) is 9.24. The minimum absolute atomic E-state index is 0.159. The van der Waals surface area contributed by atoms with Crippen molar-refractivity contribution >= 4 is 5.91 Å². The third-order valence-electron chi connectivity index (χ3n) is 3.45. The number of nitrogens with one attached hydrogen (secondary N) is 2. The second-order valence-electron chi connectivity index (χ2n) is 5.42. The Morgan fingerprint density at radius 3 is 2.63 bits per heavy atom. The molecule has 0 spiro atoms. The van der Waals surface area contributed by atoms with Crippen LogP contribution in [0.2, 0.25) is 0 Å². The molecule has 1 aliphatic rings. The van der Waals surface area contributed by atoms with Crippen LogP contribution in [0, 0.1) is 6.92 Å². The largest absolute Gasteiger partial charge is 0.356 e. The Hall–Kier alpha value is -1.35. The summed E-state index contributed by atoms with van der Waals surface area (Å²) in [6.07, 6.45) is 5.07. The van der Waals surface area contributed by atoms with Crippen LogP contribution in [0.25, 0.3) is 0 Å². The Balaban J connectivity index is 1.52. The van der Waals surface area contributed by atoms with E-state index in [1.54, 1.807) is 0 Å². The van der Waals surface area contributed by atoms with E-state index in [-0.39, 0.29) is 5.91 Å². The Morgan fingerprint density at radius 2 is 1.95 bits per heavy atom. The van der Waals surface area contributed by atoms with Crippen LogP contribution in [0.1, 0.15) is 36.8 Å². The standard InChI is InChI=1S/C16H24N2O/c1-13-3-5-14(6-4-13)7-10-16(19)18-12-2-11-17-15-8-9-15/h3-6,15,17H,2,7-12H2,1H3,(H,18,19). The van der Waals surface area contributed by atoms with Crippen LogP contribution in [0.15, 0.2) is 24.3 Å². The van der Waals surface area contributed by atoms with E-state index in [9.17, 15) is 4.79 Å². The molecule has 1 saturated carbocycles. The van der Waals surface area contributed by atoms with Gasteiger partial charge in [0.25, 0.3) is 0 Å². The van der Waals surface area contributed by atoms with Crippen molar-refractivity contribution in [1.29, 1.82) is 0 Å². The summed E-state index contributed by atoms with van der Waals surface area (Å²) in [4.78, 5) is 11.7. The lowest BCUT2D eigenvalue weighted by molar-refractivity contribution is -0.121. The highest BCUT2D eigenvalue weighted by atomic mass is 16.1. The molecule has 0 saturated heterocycles. The molecule has 0 atom stereocenters. The molecule has 19 heavy (non-hydrogen) atoms. The molecule has 0 aromatic heterocycles. The summed E-state index contributed by atoms with van der Waals surface area (Å²) in [5.41, 5.74) is 2.49. The summed E-state index contributed by atoms with van der Waals surface area (Å²) in [6, 6.07) is 9.15. The Kier molecular flexibility index (Phi) is 5.40. The third kappa shape index (κ3) is 5.88. The summed E-state index contributed by atoms with van der Waals surface area (Å²) in [5, 5.41) is 6.42. The number of rotatable bonds is 8. The van der Waals surface area contributed by atoms with Gasteiger partial charge in [-0.15, -0.1) is 0 Å². The summed E-state index contributed by atoms with van der Waals surface area (Å²) >= 11 is 0. The molecule has 0 unspecified atom stereocenters. The summed E-state index contributed by atoms with van der Waals surface area (Å²) in [7, 11) is 0. The van der Waals surface area contributed by atoms with Crippen LogP contribution in [0.3, 0.4) is 0 Å². The van der Waals surface area contributed by atoms with Gasteiger partial charge in [0, 0.05) is 19.0 Å². The molecule has 3 heteroatoms. The maximum atomic E-state index is 11.7. The molecule has 1 amide bonds. The first kappa shape index (κ1) is 14.1. The van der Waals surface area contributed by atoms with Gasteiger partial charge in [-0.1, -0.05) is 29.8 Å². The maximum Gasteiger partial charge on any atom is 0.220 e. The minimum atomic E-state index is 0.159. The number of hydrogen-bond donors (Lipinski definition) is 2. The molecule has 1 aliphatic carbocycles. The number of aryl methyl sites for hydroxylation is 2. The predicted octanol–water partition coefficient (Wildman–Crippen LogP) is 2.19. The van der Waals surface area contributed by atoms with Crippen molar-refractivity contribution in [3.63, 3.8) is 0 Å². The second kappa shape index (κ2) is 7.29. The topological polar surface area (TPSA) is 41.1 Å². The quantitative estimate of drug-likeness (QED) is 0.703. The van der Waals surface area contributed by atoms with Crippen molar-refractivity contribution in [2.75, 3.05) is 13.1 Å². The Labute approximate surface area is 115 Å². The number of amides is 1. The Bertz CT molecular complexity index is 396. The SMILES string of the molecule is Cc1ccc(CCC(=O)NCCCNC2CC2)cc1. The van der Waals surface area contributed by atoms with Crippen LogP contribution in [-0.4, -0.2) is 25.0 Å². The van der Waals surface area contributed by atoms with Crippen LogP contribution >= 0.6 is 0 Å². The maximum absolute atomic E-state index is 11.7. The second-order valence-corrected chi connectivity index (χ2v) is 5.42. The molecule has 1 aromatic carbocycles. The number of carbonyl (C=O) groups excluding carboxylic acids is 1. The summed E-state index contributed by atoms with van der Waals surface area (Å²) in [6.45, 7) is 3.88. The number of carbonyl (C=O) groups is 1. The molecule has 0 aliphatic heterocycles. The van der Waals surface area contributed by atoms with E-state index in [0.29, 0.717) is 6.42 Å². The van der Waals surface area contributed by atoms with E-state index < -0.39 is 0 Å². The monoisotopic (exact) mass is 260 g/mol. The first-order valence-electron chi connectivity index (χ1n) is 7.29. The molecular formula is C16H24N2O. The van der Waals surface area contributed by atoms with Gasteiger partial charge in [0.05, 0.1) is 0 Å². The fourth-order valence-electron chi connectivity index (χ4n) is 2.01. The molecule has 2 rings (SSSR count). The van der Waals surface area contributed by atoms with E-state index in [1.807, 2.05) is 0 Å². The Morgan fingerprint density at radius 1 is 1.21 bits per heavy atom. The smallest absolute Gasteiger partial charge is 0.220 e. The molecule has 0 radical (unpaired) electrons. The van der Waals surface area contributed by atoms with Crippen LogP contribution in [-0.2, 0) is 11.2 Å². The fourth-order valence-corrected chi connectivity index (χ4v) is 2.01. The zero-order valence-electron chi connectivity index (χ0n) is 11.7. The molecule has 0 bridgehead atoms. The number of hydrogen-bond acceptors (Lipinski definition) is 2. The lowest BCUT2D eigenvalue weighted by Gasteiger charge is -2.06. The van der Waals surface area contributed by atoms with Gasteiger partial charge in [0.1, 0.15) is 0 Å². The van der Waals surface area contributed by atoms with Crippen LogP contribution in [0.4, 0.5) is 0 Å². The lowest BCUT2D eigenvalue weighted by Crippen LogP contribution is -2.28. The lowest BCUT2D eigenvalue weighted by atomic mass is 10.1. The average Bonchev–Trinajstić information content (AvgIpc) is 3.22. The van der Waals surface area contributed by atoms with Gasteiger partial charge in [-0.25, -0.2) is 0 Å². The molecule has 2 N–H and O–H groups in total. The van der Waals surface area contributed by atoms with Crippen LogP contribution in [0.5, 0.6) is 0 Å². The van der Waals surface area contributed by atoms with E-state index in [1.165, 1.54) is 24.0 Å². The normalized spacial score (nSPS) is 14.4. The molecule has 1 fully saturated rings. The molecular weight excluding hydrogens is 236 g/mol. The van der Waals surface area contributed by atoms with E-state index in [2.05, 4.69) is 41.8 Å². The highest BCUT2D eigenvalue weighted by Crippen LogP contribution is 2.18. The molecule has 0 heterocycles. The zero-order chi connectivity index (χ0) is 13.5. The predicted molar refractivity (Wildman–Crippen MR) is 78.2 cm³/mol. The van der Waals surface area contributed by atoms with Gasteiger partial charge < -0.3 is 10.6 Å². The van der Waals surface area contributed by atoms with Gasteiger partial charge in [-0.2, -0.15) is 0 Å². The zero-order valence-corrected chi connectivity index (χ0v) is 11.7. The van der Waals surface area contributed by atoms with Crippen molar-refractivity contribution < 1.29 is 4.79 Å². The molecule has 3 nitrogen and oxygen atoms in total. The summed E-state index contributed by atoms with van der Waals surface area (Å²) in [5.74, 6) is 0.159. The van der Waals surface area contributed by atoms with Gasteiger partial charge in [0.2, 0.25) is 5.91 Å². The summed E-state index contributed by atoms with van der Waals surface area (Å²) < 4.78 is 0. The van der Waals surface area contributed by atoms with Crippen molar-refractivity contribution in [3.8, 4) is 0 Å². The van der Waals surface area contributed by atoms with Crippen molar-refractivity contribution in [2.24, 2.45) is 0 Å². The highest BCUT2D eigenvalue weighted by Gasteiger charge is 2.19. The van der Waals surface area contributed by atoms with Gasteiger partial charge in [0.15, 0.2) is 0 Å². The van der Waals surface area contributed by atoms with E-state index in [0.717, 1.165) is 32.0 Å². The first-order valence-corrected chi connectivity index (χ1v) is 7.29. The van der Waals surface area contributed by atoms with E-state index in [4.69, 9.17) is 0 Å². The average molecular weight is 260 g/mol. The minimum Gasteiger partial charge on any atom is -0.356 e. The van der Waals surface area contributed by atoms with Crippen molar-refractivity contribution in [1.82, 2.24) is 10.6 Å². The third-order valence-corrected chi connectivity index (χ3v) is 3.45. The molecule has 1 aromatic rings. The van der Waals surface area contributed by atoms with Crippen molar-refractivity contribution in [3.05, 3.63) is 35.4 Å². The van der Waals surface area contributed by atoms with Crippen LogP contribution < -0.4 is 10.6 Å². The number of benzene rings is 1. The van der Waals surface area contributed by atoms with Crippen molar-refractivity contribution in [2.45, 2.75) is 45.1 Å². The molecule has 104 valence electrons. The van der Waals surface area contributed by atoms with Gasteiger partial charge in [-0.3, -0.25) is 4.79 Å². The van der Waals surface area contributed by atoms with E-state index >= 15 is 0 Å². The van der Waals surface area contributed by atoms with Gasteiger partial charge >= 0.3 is 0 Å². The van der Waals surface area contributed by atoms with Gasteiger partial charge in [-0.05, 0) is 44.7 Å². The highest BCUT2D eigenvalue weighted by molar-refractivity contribution is 5.76. The fraction of sp³-hybridized carbons (Fsp3) is 0.562.